The Morgan fingerprint density at radius 2 is 0.611 bits per heavy atom. The maximum atomic E-state index is 4.64. The maximum Gasteiger partial charge on any atom is 0.0630 e. The van der Waals surface area contributed by atoms with Gasteiger partial charge in [-0.15, -0.1) is 0 Å². The summed E-state index contributed by atoms with van der Waals surface area (Å²) in [5.41, 5.74) is 8.68. The van der Waals surface area contributed by atoms with E-state index in [1.165, 1.54) is 0 Å². The zero-order chi connectivity index (χ0) is 25.2. The Hall–Kier alpha value is -4.89. The van der Waals surface area contributed by atoms with Gasteiger partial charge in [0.25, 0.3) is 0 Å². The number of rotatable bonds is 9. The lowest BCUT2D eigenvalue weighted by Gasteiger charge is -2.03. The standard InChI is InChI=1S/C33H27N3/c1-4-25-7-13-31(14-8-25)34-22-28-19-29(23-35-32-15-9-26(5-2)10-16-32)21-30(20-28)24-36-33-17-11-27(6-3)12-18-33/h4-24H,1-3H2. The van der Waals surface area contributed by atoms with Crippen molar-refractivity contribution >= 4 is 53.9 Å². The van der Waals surface area contributed by atoms with E-state index in [-0.39, 0.29) is 0 Å². The zero-order valence-electron chi connectivity index (χ0n) is 20.1. The Labute approximate surface area is 213 Å². The summed E-state index contributed by atoms with van der Waals surface area (Å²) in [6.45, 7) is 11.4. The van der Waals surface area contributed by atoms with Crippen molar-refractivity contribution in [2.45, 2.75) is 0 Å². The highest BCUT2D eigenvalue weighted by atomic mass is 14.7. The van der Waals surface area contributed by atoms with Crippen LogP contribution in [0.1, 0.15) is 33.4 Å². The topological polar surface area (TPSA) is 37.1 Å². The van der Waals surface area contributed by atoms with Crippen LogP contribution >= 0.6 is 0 Å². The fraction of sp³-hybridized carbons (Fsp3) is 0. The molecule has 0 radical (unpaired) electrons. The monoisotopic (exact) mass is 465 g/mol. The number of nitrogens with zero attached hydrogens (tertiary/aromatic N) is 3. The van der Waals surface area contributed by atoms with Crippen LogP contribution in [0.15, 0.2) is 126 Å². The highest BCUT2D eigenvalue weighted by Gasteiger charge is 1.99. The van der Waals surface area contributed by atoms with Crippen molar-refractivity contribution in [2.75, 3.05) is 0 Å². The summed E-state index contributed by atoms with van der Waals surface area (Å²) in [5.74, 6) is 0. The first-order valence-corrected chi connectivity index (χ1v) is 11.6. The number of hydrogen-bond donors (Lipinski definition) is 0. The van der Waals surface area contributed by atoms with Crippen LogP contribution in [0.25, 0.3) is 18.2 Å². The van der Waals surface area contributed by atoms with Gasteiger partial charge in [0, 0.05) is 18.6 Å². The maximum absolute atomic E-state index is 4.64. The van der Waals surface area contributed by atoms with E-state index in [4.69, 9.17) is 0 Å². The molecule has 0 bridgehead atoms. The van der Waals surface area contributed by atoms with Gasteiger partial charge in [0.15, 0.2) is 0 Å². The molecule has 3 nitrogen and oxygen atoms in total. The third-order valence-corrected chi connectivity index (χ3v) is 5.47. The predicted octanol–water partition coefficient (Wildman–Crippen LogP) is 8.87. The minimum atomic E-state index is 0.875. The smallest absolute Gasteiger partial charge is 0.0630 e. The average molecular weight is 466 g/mol. The van der Waals surface area contributed by atoms with Gasteiger partial charge in [0.1, 0.15) is 0 Å². The average Bonchev–Trinajstić information content (AvgIpc) is 2.94. The summed E-state index contributed by atoms with van der Waals surface area (Å²) in [7, 11) is 0. The third-order valence-electron chi connectivity index (χ3n) is 5.47. The summed E-state index contributed by atoms with van der Waals surface area (Å²) < 4.78 is 0. The van der Waals surface area contributed by atoms with E-state index in [1.807, 2.05) is 110 Å². The molecular formula is C33H27N3. The summed E-state index contributed by atoms with van der Waals surface area (Å²) >= 11 is 0. The summed E-state index contributed by atoms with van der Waals surface area (Å²) in [6, 6.07) is 30.0. The van der Waals surface area contributed by atoms with Gasteiger partial charge in [-0.05, 0) is 88.0 Å². The highest BCUT2D eigenvalue weighted by molar-refractivity contribution is 5.93. The van der Waals surface area contributed by atoms with E-state index >= 15 is 0 Å². The molecule has 0 spiro atoms. The van der Waals surface area contributed by atoms with Gasteiger partial charge in [-0.2, -0.15) is 0 Å². The minimum Gasteiger partial charge on any atom is -0.256 e. The van der Waals surface area contributed by atoms with Crippen molar-refractivity contribution < 1.29 is 0 Å². The van der Waals surface area contributed by atoms with Crippen molar-refractivity contribution in [3.8, 4) is 0 Å². The Morgan fingerprint density at radius 1 is 0.361 bits per heavy atom. The molecule has 0 aliphatic rings. The number of benzene rings is 4. The van der Waals surface area contributed by atoms with Crippen LogP contribution in [0, 0.1) is 0 Å². The third kappa shape index (κ3) is 6.81. The van der Waals surface area contributed by atoms with Crippen LogP contribution in [0.3, 0.4) is 0 Å². The largest absolute Gasteiger partial charge is 0.256 e. The summed E-state index contributed by atoms with van der Waals surface area (Å²) in [5, 5.41) is 0. The van der Waals surface area contributed by atoms with Gasteiger partial charge in [0.05, 0.1) is 17.1 Å². The van der Waals surface area contributed by atoms with E-state index in [9.17, 15) is 0 Å². The van der Waals surface area contributed by atoms with Crippen molar-refractivity contribution in [3.63, 3.8) is 0 Å². The Kier molecular flexibility index (Phi) is 8.08. The molecular weight excluding hydrogens is 438 g/mol. The molecule has 0 aromatic heterocycles. The van der Waals surface area contributed by atoms with Crippen LogP contribution in [-0.4, -0.2) is 18.6 Å². The molecule has 0 atom stereocenters. The Balaban J connectivity index is 1.63. The van der Waals surface area contributed by atoms with E-state index in [0.717, 1.165) is 50.4 Å². The van der Waals surface area contributed by atoms with Crippen LogP contribution < -0.4 is 0 Å². The molecule has 4 rings (SSSR count). The van der Waals surface area contributed by atoms with Gasteiger partial charge >= 0.3 is 0 Å². The second-order valence-corrected chi connectivity index (χ2v) is 8.09. The lowest BCUT2D eigenvalue weighted by Crippen LogP contribution is -1.92. The van der Waals surface area contributed by atoms with Gasteiger partial charge in [-0.3, -0.25) is 15.0 Å². The molecule has 0 aliphatic carbocycles. The van der Waals surface area contributed by atoms with E-state index in [2.05, 4.69) is 52.9 Å². The van der Waals surface area contributed by atoms with Crippen molar-refractivity contribution in [1.82, 2.24) is 0 Å². The normalized spacial score (nSPS) is 11.3. The zero-order valence-corrected chi connectivity index (χ0v) is 20.1. The van der Waals surface area contributed by atoms with Crippen LogP contribution in [0.4, 0.5) is 17.1 Å². The van der Waals surface area contributed by atoms with E-state index in [0.29, 0.717) is 0 Å². The molecule has 0 fully saturated rings. The Bertz CT molecular complexity index is 1240. The quantitative estimate of drug-likeness (QED) is 0.221. The van der Waals surface area contributed by atoms with Gasteiger partial charge in [-0.25, -0.2) is 0 Å². The van der Waals surface area contributed by atoms with Crippen LogP contribution in [0.2, 0.25) is 0 Å². The fourth-order valence-corrected chi connectivity index (χ4v) is 3.46. The predicted molar refractivity (Wildman–Crippen MR) is 158 cm³/mol. The number of hydrogen-bond acceptors (Lipinski definition) is 3. The Morgan fingerprint density at radius 3 is 0.833 bits per heavy atom. The summed E-state index contributed by atoms with van der Waals surface area (Å²) in [6.07, 6.45) is 11.0. The first kappa shape index (κ1) is 24.2. The van der Waals surface area contributed by atoms with Crippen molar-refractivity contribution in [3.05, 3.63) is 144 Å². The summed E-state index contributed by atoms with van der Waals surface area (Å²) in [4.78, 5) is 13.9. The van der Waals surface area contributed by atoms with Gasteiger partial charge < -0.3 is 0 Å². The first-order valence-electron chi connectivity index (χ1n) is 11.6. The first-order chi connectivity index (χ1) is 17.6. The molecule has 4 aromatic rings. The SMILES string of the molecule is C=Cc1ccc(N=Cc2cc(C=Nc3ccc(C=C)cc3)cc(C=Nc3ccc(C=C)cc3)c2)cc1. The second kappa shape index (κ2) is 12.0. The molecule has 36 heavy (non-hydrogen) atoms. The molecule has 0 saturated heterocycles. The molecule has 174 valence electrons. The molecule has 0 saturated carbocycles. The van der Waals surface area contributed by atoms with Gasteiger partial charge in [0.2, 0.25) is 0 Å². The van der Waals surface area contributed by atoms with Crippen molar-refractivity contribution in [1.29, 1.82) is 0 Å². The van der Waals surface area contributed by atoms with E-state index < -0.39 is 0 Å². The lowest BCUT2D eigenvalue weighted by molar-refractivity contribution is 1.49. The molecule has 4 aromatic carbocycles. The van der Waals surface area contributed by atoms with E-state index in [1.54, 1.807) is 0 Å². The van der Waals surface area contributed by atoms with Crippen LogP contribution in [0.5, 0.6) is 0 Å². The van der Waals surface area contributed by atoms with Crippen molar-refractivity contribution in [2.24, 2.45) is 15.0 Å². The molecule has 0 unspecified atom stereocenters. The molecule has 0 heterocycles. The van der Waals surface area contributed by atoms with Crippen LogP contribution in [-0.2, 0) is 0 Å². The highest BCUT2D eigenvalue weighted by Crippen LogP contribution is 2.18. The number of aliphatic imine (C=N–C) groups is 3. The molecule has 0 N–H and O–H groups in total. The molecule has 0 amide bonds. The fourth-order valence-electron chi connectivity index (χ4n) is 3.46. The minimum absolute atomic E-state index is 0.875. The molecule has 3 heteroatoms. The van der Waals surface area contributed by atoms with Gasteiger partial charge in [-0.1, -0.05) is 74.4 Å². The lowest BCUT2D eigenvalue weighted by atomic mass is 10.1. The second-order valence-electron chi connectivity index (χ2n) is 8.09. The molecule has 0 aliphatic heterocycles.